The van der Waals surface area contributed by atoms with Crippen LogP contribution < -0.4 is 10.1 Å². The van der Waals surface area contributed by atoms with Crippen LogP contribution in [0.25, 0.3) is 0 Å². The lowest BCUT2D eigenvalue weighted by Crippen LogP contribution is -2.17. The van der Waals surface area contributed by atoms with Crippen LogP contribution in [-0.4, -0.2) is 17.9 Å². The van der Waals surface area contributed by atoms with E-state index in [0.29, 0.717) is 0 Å². The smallest absolute Gasteiger partial charge is 0.406 e. The van der Waals surface area contributed by atoms with Gasteiger partial charge in [-0.25, -0.2) is 9.59 Å². The third-order valence-electron chi connectivity index (χ3n) is 1.51. The number of nitrogens with one attached hydrogen (secondary N) is 1. The molecule has 1 aromatic rings. The van der Waals surface area contributed by atoms with Gasteiger partial charge in [-0.15, -0.1) is 13.2 Å². The van der Waals surface area contributed by atoms with E-state index in [-0.39, 0.29) is 5.69 Å². The van der Waals surface area contributed by atoms with Crippen molar-refractivity contribution in [2.45, 2.75) is 6.36 Å². The molecule has 5 nitrogen and oxygen atoms in total. The minimum absolute atomic E-state index is 0.104. The minimum atomic E-state index is -4.79. The Labute approximate surface area is 103 Å². The van der Waals surface area contributed by atoms with E-state index in [4.69, 9.17) is 11.6 Å². The number of halogens is 4. The zero-order valence-corrected chi connectivity index (χ0v) is 9.21. The Morgan fingerprint density at radius 1 is 1.17 bits per heavy atom. The molecule has 1 N–H and O–H groups in total. The molecule has 1 aromatic carbocycles. The normalized spacial score (nSPS) is 10.7. The molecule has 0 saturated carbocycles. The zero-order valence-electron chi connectivity index (χ0n) is 8.45. The second-order valence-electron chi connectivity index (χ2n) is 2.82. The summed E-state index contributed by atoms with van der Waals surface area (Å²) < 4.78 is 43.0. The lowest BCUT2D eigenvalue weighted by Gasteiger charge is -2.09. The molecule has 0 saturated heterocycles. The van der Waals surface area contributed by atoms with Crippen molar-refractivity contribution in [2.75, 3.05) is 5.32 Å². The summed E-state index contributed by atoms with van der Waals surface area (Å²) in [6.07, 6.45) is -5.95. The molecule has 18 heavy (non-hydrogen) atoms. The summed E-state index contributed by atoms with van der Waals surface area (Å²) in [4.78, 5) is 21.1. The molecular formula is C9H5ClF3NO4. The van der Waals surface area contributed by atoms with Crippen molar-refractivity contribution in [3.8, 4) is 5.75 Å². The van der Waals surface area contributed by atoms with Crippen LogP contribution in [-0.2, 0) is 4.74 Å². The fraction of sp³-hybridized carbons (Fsp3) is 0.111. The lowest BCUT2D eigenvalue weighted by atomic mass is 10.3. The van der Waals surface area contributed by atoms with Crippen LogP contribution in [0.2, 0.25) is 0 Å². The number of rotatable bonds is 2. The predicted molar refractivity (Wildman–Crippen MR) is 54.5 cm³/mol. The summed E-state index contributed by atoms with van der Waals surface area (Å²) in [5.74, 6) is -0.449. The Bertz CT molecular complexity index is 446. The van der Waals surface area contributed by atoms with Crippen LogP contribution >= 0.6 is 11.6 Å². The van der Waals surface area contributed by atoms with Crippen molar-refractivity contribution in [1.82, 2.24) is 0 Å². The first-order valence-corrected chi connectivity index (χ1v) is 4.68. The van der Waals surface area contributed by atoms with Gasteiger partial charge in [0.25, 0.3) is 0 Å². The van der Waals surface area contributed by atoms with Gasteiger partial charge in [0, 0.05) is 17.3 Å². The molecule has 0 spiro atoms. The Kier molecular flexibility index (Phi) is 4.38. The highest BCUT2D eigenvalue weighted by Crippen LogP contribution is 2.23. The highest BCUT2D eigenvalue weighted by atomic mass is 35.5. The first-order valence-electron chi connectivity index (χ1n) is 4.30. The molecule has 0 unspecified atom stereocenters. The summed E-state index contributed by atoms with van der Waals surface area (Å²) in [6, 6.07) is 4.21. The molecule has 0 aliphatic heterocycles. The number of anilines is 1. The molecule has 9 heteroatoms. The quantitative estimate of drug-likeness (QED) is 0.666. The van der Waals surface area contributed by atoms with Gasteiger partial charge in [-0.1, -0.05) is 0 Å². The molecule has 1 amide bonds. The number of amides is 1. The summed E-state index contributed by atoms with van der Waals surface area (Å²) in [7, 11) is 0. The maximum atomic E-state index is 11.8. The Morgan fingerprint density at radius 3 is 2.17 bits per heavy atom. The van der Waals surface area contributed by atoms with Crippen molar-refractivity contribution in [1.29, 1.82) is 0 Å². The van der Waals surface area contributed by atoms with E-state index in [9.17, 15) is 22.8 Å². The Morgan fingerprint density at radius 2 is 1.72 bits per heavy atom. The maximum Gasteiger partial charge on any atom is 0.573 e. The molecule has 0 heterocycles. The van der Waals surface area contributed by atoms with Crippen molar-refractivity contribution in [3.05, 3.63) is 24.3 Å². The molecule has 98 valence electrons. The molecule has 0 aliphatic rings. The van der Waals surface area contributed by atoms with Gasteiger partial charge in [0.15, 0.2) is 0 Å². The SMILES string of the molecule is O=C(Cl)OC(=O)Nc1ccc(OC(F)(F)F)cc1. The number of benzene rings is 1. The topological polar surface area (TPSA) is 64.6 Å². The monoisotopic (exact) mass is 283 g/mol. The number of carbonyl (C=O) groups is 2. The summed E-state index contributed by atoms with van der Waals surface area (Å²) in [6.45, 7) is 0. The summed E-state index contributed by atoms with van der Waals surface area (Å²) in [5.41, 5.74) is -1.23. The number of hydrogen-bond donors (Lipinski definition) is 1. The molecule has 0 aliphatic carbocycles. The maximum absolute atomic E-state index is 11.8. The van der Waals surface area contributed by atoms with E-state index in [2.05, 4.69) is 14.8 Å². The molecule has 1 rings (SSSR count). The van der Waals surface area contributed by atoms with Gasteiger partial charge in [0.1, 0.15) is 5.75 Å². The van der Waals surface area contributed by atoms with Crippen LogP contribution in [0, 0.1) is 0 Å². The molecule has 0 fully saturated rings. The predicted octanol–water partition coefficient (Wildman–Crippen LogP) is 3.49. The van der Waals surface area contributed by atoms with Crippen molar-refractivity contribution in [3.63, 3.8) is 0 Å². The standard InChI is InChI=1S/C9H5ClF3NO4/c10-7(15)17-8(16)14-5-1-3-6(4-2-5)18-9(11,12)13/h1-4H,(H,14,16). The van der Waals surface area contributed by atoms with Crippen molar-refractivity contribution in [2.24, 2.45) is 0 Å². The fourth-order valence-corrected chi connectivity index (χ4v) is 1.03. The van der Waals surface area contributed by atoms with Gasteiger partial charge in [0.05, 0.1) is 0 Å². The zero-order chi connectivity index (χ0) is 13.8. The van der Waals surface area contributed by atoms with Gasteiger partial charge < -0.3 is 9.47 Å². The van der Waals surface area contributed by atoms with Gasteiger partial charge in [-0.3, -0.25) is 5.32 Å². The second kappa shape index (κ2) is 5.58. The van der Waals surface area contributed by atoms with Gasteiger partial charge in [0.2, 0.25) is 0 Å². The summed E-state index contributed by atoms with van der Waals surface area (Å²) in [5, 5.41) is 2.06. The van der Waals surface area contributed by atoms with Crippen molar-refractivity contribution >= 4 is 28.8 Å². The highest BCUT2D eigenvalue weighted by molar-refractivity contribution is 6.61. The van der Waals surface area contributed by atoms with Crippen LogP contribution in [0.15, 0.2) is 24.3 Å². The number of alkyl halides is 3. The van der Waals surface area contributed by atoms with Crippen LogP contribution in [0.5, 0.6) is 5.75 Å². The number of ether oxygens (including phenoxy) is 2. The van der Waals surface area contributed by atoms with Gasteiger partial charge in [-0.2, -0.15) is 0 Å². The third kappa shape index (κ3) is 5.39. The second-order valence-corrected chi connectivity index (χ2v) is 3.13. The Balaban J connectivity index is 2.60. The van der Waals surface area contributed by atoms with Gasteiger partial charge >= 0.3 is 17.9 Å². The largest absolute Gasteiger partial charge is 0.573 e. The fourth-order valence-electron chi connectivity index (χ4n) is 0.956. The molecule has 0 bridgehead atoms. The number of hydrogen-bond acceptors (Lipinski definition) is 4. The number of carbonyl (C=O) groups excluding carboxylic acids is 2. The molecular weight excluding hydrogens is 279 g/mol. The average Bonchev–Trinajstić information content (AvgIpc) is 2.17. The molecule has 0 radical (unpaired) electrons. The van der Waals surface area contributed by atoms with E-state index >= 15 is 0 Å². The molecule has 0 atom stereocenters. The van der Waals surface area contributed by atoms with Crippen molar-refractivity contribution < 1.29 is 32.2 Å². The minimum Gasteiger partial charge on any atom is -0.406 e. The first kappa shape index (κ1) is 14.1. The van der Waals surface area contributed by atoms with E-state index in [0.717, 1.165) is 24.3 Å². The van der Waals surface area contributed by atoms with Crippen LogP contribution in [0.4, 0.5) is 28.4 Å². The molecule has 0 aromatic heterocycles. The third-order valence-corrected chi connectivity index (χ3v) is 1.58. The van der Waals surface area contributed by atoms with Crippen LogP contribution in [0.3, 0.4) is 0 Å². The first-order chi connectivity index (χ1) is 8.26. The van der Waals surface area contributed by atoms with E-state index in [1.165, 1.54) is 0 Å². The van der Waals surface area contributed by atoms with Crippen LogP contribution in [0.1, 0.15) is 0 Å². The summed E-state index contributed by atoms with van der Waals surface area (Å²) >= 11 is 4.77. The lowest BCUT2D eigenvalue weighted by molar-refractivity contribution is -0.274. The van der Waals surface area contributed by atoms with E-state index in [1.54, 1.807) is 0 Å². The van der Waals surface area contributed by atoms with Gasteiger partial charge in [-0.05, 0) is 24.3 Å². The van der Waals surface area contributed by atoms with E-state index < -0.39 is 23.6 Å². The van der Waals surface area contributed by atoms with E-state index in [1.807, 2.05) is 0 Å². The Hall–Kier alpha value is -1.96. The highest BCUT2D eigenvalue weighted by Gasteiger charge is 2.30. The average molecular weight is 284 g/mol.